The highest BCUT2D eigenvalue weighted by Crippen LogP contribution is 2.59. The smallest absolute Gasteiger partial charge is 0.141 e. The Hall–Kier alpha value is -4.45. The van der Waals surface area contributed by atoms with Crippen LogP contribution in [0.1, 0.15) is 22.3 Å². The van der Waals surface area contributed by atoms with Crippen LogP contribution in [0.4, 0.5) is 0 Å². The third-order valence-corrected chi connectivity index (χ3v) is 11.5. The van der Waals surface area contributed by atoms with Crippen LogP contribution >= 0.6 is 7.14 Å². The van der Waals surface area contributed by atoms with Crippen LogP contribution in [0.2, 0.25) is 0 Å². The molecule has 1 nitrogen and oxygen atoms in total. The van der Waals surface area contributed by atoms with Gasteiger partial charge in [0, 0.05) is 10.6 Å². The molecular formula is C38H27OP. The summed E-state index contributed by atoms with van der Waals surface area (Å²) < 4.78 is 14.7. The lowest BCUT2D eigenvalue weighted by atomic mass is 9.67. The molecule has 40 heavy (non-hydrogen) atoms. The number of fused-ring (bicyclic) bond motifs is 6. The first-order valence-electron chi connectivity index (χ1n) is 13.8. The summed E-state index contributed by atoms with van der Waals surface area (Å²) in [6.45, 7) is 1.95. The molecule has 8 rings (SSSR count). The standard InChI is InChI=1S/C38H27OP/c1-40(39)36-23-27(26-13-5-2-6-14-26)21-22-31(36)33-24-35-32(25-37(33)40)30-19-11-12-20-34(30)38(35,28-15-7-3-8-16-28)29-17-9-4-10-18-29/h2-25H,1H3. The van der Waals surface area contributed by atoms with Crippen LogP contribution in [-0.2, 0) is 9.98 Å². The van der Waals surface area contributed by atoms with Gasteiger partial charge in [0.25, 0.3) is 0 Å². The highest BCUT2D eigenvalue weighted by molar-refractivity contribution is 7.79. The number of benzene rings is 6. The van der Waals surface area contributed by atoms with Crippen LogP contribution < -0.4 is 10.6 Å². The van der Waals surface area contributed by atoms with Gasteiger partial charge in [-0.05, 0) is 80.5 Å². The maximum Gasteiger partial charge on any atom is 0.141 e. The lowest BCUT2D eigenvalue weighted by Gasteiger charge is -2.34. The second-order valence-corrected chi connectivity index (χ2v) is 13.8. The van der Waals surface area contributed by atoms with Crippen LogP contribution in [0.5, 0.6) is 0 Å². The van der Waals surface area contributed by atoms with Gasteiger partial charge in [-0.15, -0.1) is 0 Å². The van der Waals surface area contributed by atoms with Crippen LogP contribution in [0.3, 0.4) is 0 Å². The Balaban J connectivity index is 1.45. The highest BCUT2D eigenvalue weighted by atomic mass is 31.2. The van der Waals surface area contributed by atoms with Crippen molar-refractivity contribution in [2.24, 2.45) is 0 Å². The number of rotatable bonds is 3. The fourth-order valence-corrected chi connectivity index (χ4v) is 9.42. The molecule has 1 atom stereocenters. The molecule has 0 spiro atoms. The topological polar surface area (TPSA) is 17.1 Å². The van der Waals surface area contributed by atoms with E-state index in [-0.39, 0.29) is 0 Å². The van der Waals surface area contributed by atoms with Crippen molar-refractivity contribution in [3.05, 3.63) is 168 Å². The maximum absolute atomic E-state index is 14.7. The Bertz CT molecular complexity index is 1930. The van der Waals surface area contributed by atoms with Gasteiger partial charge in [-0.25, -0.2) is 0 Å². The first kappa shape index (κ1) is 23.4. The molecule has 0 fully saturated rings. The van der Waals surface area contributed by atoms with Crippen molar-refractivity contribution in [3.8, 4) is 33.4 Å². The van der Waals surface area contributed by atoms with Gasteiger partial charge >= 0.3 is 0 Å². The summed E-state index contributed by atoms with van der Waals surface area (Å²) in [6, 6.07) is 51.9. The van der Waals surface area contributed by atoms with Crippen LogP contribution in [0, 0.1) is 0 Å². The Kier molecular flexibility index (Phi) is 4.99. The third-order valence-electron chi connectivity index (χ3n) is 8.89. The van der Waals surface area contributed by atoms with Crippen molar-refractivity contribution in [1.29, 1.82) is 0 Å². The van der Waals surface area contributed by atoms with Gasteiger partial charge in [-0.1, -0.05) is 127 Å². The first-order chi connectivity index (χ1) is 19.6. The molecule has 2 aliphatic rings. The molecule has 6 aromatic carbocycles. The van der Waals surface area contributed by atoms with E-state index in [9.17, 15) is 4.57 Å². The fraction of sp³-hybridized carbons (Fsp3) is 0.0526. The van der Waals surface area contributed by atoms with E-state index in [4.69, 9.17) is 0 Å². The minimum Gasteiger partial charge on any atom is -0.314 e. The summed E-state index contributed by atoms with van der Waals surface area (Å²) in [6.07, 6.45) is 0. The molecule has 0 N–H and O–H groups in total. The van der Waals surface area contributed by atoms with Gasteiger partial charge in [0.15, 0.2) is 0 Å². The molecule has 1 aliphatic carbocycles. The van der Waals surface area contributed by atoms with Gasteiger partial charge in [0.05, 0.1) is 5.41 Å². The van der Waals surface area contributed by atoms with Gasteiger partial charge in [0.1, 0.15) is 7.14 Å². The number of hydrogen-bond acceptors (Lipinski definition) is 1. The van der Waals surface area contributed by atoms with Crippen molar-refractivity contribution in [1.82, 2.24) is 0 Å². The van der Waals surface area contributed by atoms with E-state index in [0.717, 1.165) is 32.9 Å². The first-order valence-corrected chi connectivity index (χ1v) is 15.9. The van der Waals surface area contributed by atoms with Gasteiger partial charge in [-0.3, -0.25) is 0 Å². The van der Waals surface area contributed by atoms with E-state index in [1.165, 1.54) is 33.4 Å². The molecule has 1 heterocycles. The van der Waals surface area contributed by atoms with E-state index in [2.05, 4.69) is 140 Å². The summed E-state index contributed by atoms with van der Waals surface area (Å²) >= 11 is 0. The second-order valence-electron chi connectivity index (χ2n) is 11.0. The van der Waals surface area contributed by atoms with E-state index >= 15 is 0 Å². The van der Waals surface area contributed by atoms with Crippen LogP contribution in [0.25, 0.3) is 33.4 Å². The predicted octanol–water partition coefficient (Wildman–Crippen LogP) is 8.64. The molecule has 0 aromatic heterocycles. The van der Waals surface area contributed by atoms with Gasteiger partial charge < -0.3 is 4.57 Å². The monoisotopic (exact) mass is 530 g/mol. The summed E-state index contributed by atoms with van der Waals surface area (Å²) in [5, 5.41) is 1.93. The Morgan fingerprint density at radius 1 is 0.450 bits per heavy atom. The molecule has 1 unspecified atom stereocenters. The van der Waals surface area contributed by atoms with Crippen molar-refractivity contribution in [3.63, 3.8) is 0 Å². The third kappa shape index (κ3) is 3.07. The fourth-order valence-electron chi connectivity index (χ4n) is 7.10. The van der Waals surface area contributed by atoms with Crippen molar-refractivity contribution < 1.29 is 4.57 Å². The minimum absolute atomic E-state index is 0.464. The Labute approximate surface area is 235 Å². The summed E-state index contributed by atoms with van der Waals surface area (Å²) in [4.78, 5) is 0. The zero-order valence-electron chi connectivity index (χ0n) is 22.2. The van der Waals surface area contributed by atoms with E-state index in [1.807, 2.05) is 12.7 Å². The molecule has 0 bridgehead atoms. The quantitative estimate of drug-likeness (QED) is 0.209. The molecule has 1 aliphatic heterocycles. The largest absolute Gasteiger partial charge is 0.314 e. The van der Waals surface area contributed by atoms with E-state index in [0.29, 0.717) is 0 Å². The molecule has 2 heteroatoms. The van der Waals surface area contributed by atoms with Crippen molar-refractivity contribution in [2.75, 3.05) is 6.66 Å². The minimum atomic E-state index is -2.80. The molecule has 0 radical (unpaired) electrons. The van der Waals surface area contributed by atoms with Crippen molar-refractivity contribution in [2.45, 2.75) is 5.41 Å². The van der Waals surface area contributed by atoms with Crippen LogP contribution in [0.15, 0.2) is 146 Å². The molecule has 0 saturated heterocycles. The predicted molar refractivity (Wildman–Crippen MR) is 167 cm³/mol. The van der Waals surface area contributed by atoms with Gasteiger partial charge in [-0.2, -0.15) is 0 Å². The Morgan fingerprint density at radius 2 is 1.02 bits per heavy atom. The molecular weight excluding hydrogens is 503 g/mol. The van der Waals surface area contributed by atoms with Crippen molar-refractivity contribution >= 4 is 17.8 Å². The average Bonchev–Trinajstić information content (AvgIpc) is 3.43. The summed E-state index contributed by atoms with van der Waals surface area (Å²) in [5.41, 5.74) is 11.4. The number of hydrogen-bond donors (Lipinski definition) is 0. The molecule has 6 aromatic rings. The van der Waals surface area contributed by atoms with Gasteiger partial charge in [0.2, 0.25) is 0 Å². The zero-order valence-corrected chi connectivity index (χ0v) is 23.1. The second kappa shape index (κ2) is 8.52. The Morgan fingerprint density at radius 3 is 1.70 bits per heavy atom. The van der Waals surface area contributed by atoms with E-state index in [1.54, 1.807) is 0 Å². The molecule has 0 saturated carbocycles. The summed E-state index contributed by atoms with van der Waals surface area (Å²) in [7, 11) is -2.80. The van der Waals surface area contributed by atoms with E-state index < -0.39 is 12.6 Å². The normalized spacial score (nSPS) is 17.5. The molecule has 190 valence electrons. The van der Waals surface area contributed by atoms with Crippen LogP contribution in [-0.4, -0.2) is 6.66 Å². The maximum atomic E-state index is 14.7. The SMILES string of the molecule is CP1(=O)c2cc(-c3ccccc3)ccc2-c2cc3c(cc21)-c1ccccc1C3(c1ccccc1)c1ccccc1. The average molecular weight is 531 g/mol. The summed E-state index contributed by atoms with van der Waals surface area (Å²) in [5.74, 6) is 0. The molecule has 0 amide bonds. The lowest BCUT2D eigenvalue weighted by molar-refractivity contribution is 0.591. The zero-order chi connectivity index (χ0) is 26.9. The lowest BCUT2D eigenvalue weighted by Crippen LogP contribution is -2.28. The highest BCUT2D eigenvalue weighted by Gasteiger charge is 2.48.